The first-order chi connectivity index (χ1) is 33.4. The van der Waals surface area contributed by atoms with Gasteiger partial charge in [-0.15, -0.1) is 0 Å². The van der Waals surface area contributed by atoms with Gasteiger partial charge in [-0.25, -0.2) is 8.42 Å². The van der Waals surface area contributed by atoms with E-state index in [1.165, 1.54) is 60.6 Å². The normalized spacial score (nSPS) is 13.3. The zero-order valence-electron chi connectivity index (χ0n) is 44.2. The van der Waals surface area contributed by atoms with Crippen molar-refractivity contribution in [1.29, 1.82) is 0 Å². The third-order valence-corrected chi connectivity index (χ3v) is 18.7. The first-order valence-corrected chi connectivity index (χ1v) is 30.6. The number of sulfonamides is 1. The van der Waals surface area contributed by atoms with Gasteiger partial charge in [-0.2, -0.15) is 0 Å². The molecule has 0 unspecified atom stereocenters. The van der Waals surface area contributed by atoms with E-state index in [9.17, 15) is 8.42 Å². The third-order valence-electron chi connectivity index (χ3n) is 13.6. The number of nitrogens with one attached hydrogen (secondary N) is 2. The molecule has 0 saturated carbocycles. The molecule has 2 atom stereocenters. The Balaban J connectivity index is 1.14. The molecule has 0 amide bonds. The lowest BCUT2D eigenvalue weighted by Gasteiger charge is -2.39. The van der Waals surface area contributed by atoms with Gasteiger partial charge in [-0.05, 0) is 137 Å². The summed E-state index contributed by atoms with van der Waals surface area (Å²) in [7, 11) is -5.73. The molecule has 380 valence electrons. The lowest BCUT2D eigenvalue weighted by atomic mass is 9.86. The molecule has 0 radical (unpaired) electrons. The van der Waals surface area contributed by atoms with Gasteiger partial charge in [-0.1, -0.05) is 162 Å². The Labute approximate surface area is 424 Å². The van der Waals surface area contributed by atoms with E-state index in [2.05, 4.69) is 161 Å². The maximum Gasteiger partial charge on any atom is 0.229 e. The van der Waals surface area contributed by atoms with Crippen molar-refractivity contribution in [2.24, 2.45) is 0 Å². The maximum atomic E-state index is 12.5. The van der Waals surface area contributed by atoms with E-state index in [0.29, 0.717) is 43.3 Å². The molecule has 8 nitrogen and oxygen atoms in total. The summed E-state index contributed by atoms with van der Waals surface area (Å²) in [5.41, 5.74) is 7.29. The zero-order chi connectivity index (χ0) is 50.6. The molecular weight excluding hydrogens is 903 g/mol. The number of hydrogen-bond donors (Lipinski definition) is 2. The summed E-state index contributed by atoms with van der Waals surface area (Å²) in [6, 6.07) is 44.7. The summed E-state index contributed by atoms with van der Waals surface area (Å²) in [5.74, 6) is 1.64. The van der Waals surface area contributed by atoms with Crippen molar-refractivity contribution in [3.05, 3.63) is 167 Å². The van der Waals surface area contributed by atoms with Gasteiger partial charge in [0.05, 0.1) is 18.0 Å². The highest BCUT2D eigenvalue weighted by atomic mass is 32.2. The number of nitrogens with zero attached hydrogens (tertiary/aromatic N) is 1. The standard InChI is InChI=1S/C60H85N3O5SSi/c1-47(2)63(48(3)4)41-39-54(52-33-25-19-26-34-52)55-42-49(35-37-57(55)66-45-50-29-21-17-22-30-50)28-20-15-13-11-12-14-16-27-40-61-44-59(68-70(9,10)60(5,6)7)53-36-38-58(56(43-53)62-69(8,64)65)67-46-51-31-23-18-24-32-51/h17-26,28-38,42-43,47-48,54,59,61-62H,11-16,27,39-41,44-46H2,1-10H3/t54-,59+/m1/s1. The summed E-state index contributed by atoms with van der Waals surface area (Å²) < 4.78 is 47.4. The SMILES string of the molecule is CC(C)N(CC[C@H](c1ccccc1)c1cc(C=CCCCCCCCCNC[C@H](O[Si](C)(C)C(C)(C)C)c2ccc(OCc3ccccc3)c(NS(C)(=O)=O)c2)ccc1OCc1ccccc1)C(C)C. The highest BCUT2D eigenvalue weighted by Crippen LogP contribution is 2.41. The highest BCUT2D eigenvalue weighted by Gasteiger charge is 2.39. The first kappa shape index (κ1) is 56.2. The fraction of sp³-hybridized carbons (Fsp3) is 0.467. The molecule has 5 aromatic rings. The number of hydrogen-bond acceptors (Lipinski definition) is 7. The van der Waals surface area contributed by atoms with E-state index in [-0.39, 0.29) is 17.1 Å². The fourth-order valence-corrected chi connectivity index (χ4v) is 10.6. The second-order valence-corrected chi connectivity index (χ2v) is 27.5. The van der Waals surface area contributed by atoms with Crippen LogP contribution in [-0.2, 0) is 27.7 Å². The molecule has 0 spiro atoms. The quantitative estimate of drug-likeness (QED) is 0.0350. The Kier molecular flexibility index (Phi) is 22.3. The number of rotatable bonds is 30. The monoisotopic (exact) mass is 988 g/mol. The lowest BCUT2D eigenvalue weighted by Crippen LogP contribution is -2.43. The number of unbranched alkanes of at least 4 members (excludes halogenated alkanes) is 6. The van der Waals surface area contributed by atoms with Gasteiger partial charge in [0.15, 0.2) is 8.32 Å². The highest BCUT2D eigenvalue weighted by molar-refractivity contribution is 7.92. The Morgan fingerprint density at radius 1 is 0.671 bits per heavy atom. The van der Waals surface area contributed by atoms with Crippen molar-refractivity contribution in [3.8, 4) is 11.5 Å². The Bertz CT molecular complexity index is 2410. The van der Waals surface area contributed by atoms with Crippen LogP contribution >= 0.6 is 0 Å². The van der Waals surface area contributed by atoms with Gasteiger partial charge in [0.1, 0.15) is 24.7 Å². The molecule has 2 N–H and O–H groups in total. The minimum absolute atomic E-state index is 0.0101. The predicted molar refractivity (Wildman–Crippen MR) is 298 cm³/mol. The topological polar surface area (TPSA) is 89.1 Å². The van der Waals surface area contributed by atoms with E-state index in [4.69, 9.17) is 13.9 Å². The Morgan fingerprint density at radius 2 is 1.23 bits per heavy atom. The Hall–Kier alpha value is -4.71. The van der Waals surface area contributed by atoms with Crippen LogP contribution in [0.25, 0.3) is 6.08 Å². The van der Waals surface area contributed by atoms with E-state index < -0.39 is 18.3 Å². The summed E-state index contributed by atoms with van der Waals surface area (Å²) >= 11 is 0. The van der Waals surface area contributed by atoms with Crippen LogP contribution in [-0.4, -0.2) is 59.6 Å². The number of ether oxygens (including phenoxy) is 2. The van der Waals surface area contributed by atoms with Crippen molar-refractivity contribution in [3.63, 3.8) is 0 Å². The van der Waals surface area contributed by atoms with Crippen molar-refractivity contribution in [1.82, 2.24) is 10.2 Å². The van der Waals surface area contributed by atoms with Gasteiger partial charge >= 0.3 is 0 Å². The van der Waals surface area contributed by atoms with Gasteiger partial charge in [-0.3, -0.25) is 9.62 Å². The largest absolute Gasteiger partial charge is 0.489 e. The van der Waals surface area contributed by atoms with Gasteiger partial charge in [0, 0.05) is 30.1 Å². The van der Waals surface area contributed by atoms with E-state index in [0.717, 1.165) is 49.2 Å². The van der Waals surface area contributed by atoms with Crippen LogP contribution in [0, 0.1) is 0 Å². The number of anilines is 1. The molecule has 0 aliphatic rings. The molecule has 0 aliphatic heterocycles. The minimum atomic E-state index is -3.55. The van der Waals surface area contributed by atoms with E-state index in [1.807, 2.05) is 54.6 Å². The van der Waals surface area contributed by atoms with Gasteiger partial charge in [0.2, 0.25) is 10.0 Å². The van der Waals surface area contributed by atoms with E-state index in [1.54, 1.807) is 0 Å². The smallest absolute Gasteiger partial charge is 0.229 e. The van der Waals surface area contributed by atoms with Crippen LogP contribution in [0.5, 0.6) is 11.5 Å². The third kappa shape index (κ3) is 18.8. The molecule has 0 aromatic heterocycles. The minimum Gasteiger partial charge on any atom is -0.489 e. The molecule has 5 aromatic carbocycles. The van der Waals surface area contributed by atoms with Crippen LogP contribution < -0.4 is 19.5 Å². The van der Waals surface area contributed by atoms with Crippen molar-refractivity contribution < 1.29 is 22.3 Å². The zero-order valence-corrected chi connectivity index (χ0v) is 46.0. The molecule has 0 bridgehead atoms. The summed E-state index contributed by atoms with van der Waals surface area (Å²) in [6.45, 7) is 23.8. The summed E-state index contributed by atoms with van der Waals surface area (Å²) in [4.78, 5) is 2.59. The first-order valence-electron chi connectivity index (χ1n) is 25.8. The van der Waals surface area contributed by atoms with Gasteiger partial charge < -0.3 is 19.2 Å². The molecular formula is C60H85N3O5SSi. The second-order valence-electron chi connectivity index (χ2n) is 21.0. The molecule has 5 rings (SSSR count). The average molecular weight is 989 g/mol. The van der Waals surface area contributed by atoms with Crippen LogP contribution in [0.4, 0.5) is 5.69 Å². The van der Waals surface area contributed by atoms with Crippen molar-refractivity contribution in [2.45, 2.75) is 155 Å². The average Bonchev–Trinajstić information content (AvgIpc) is 3.31. The molecule has 0 fully saturated rings. The van der Waals surface area contributed by atoms with Crippen LogP contribution in [0.1, 0.15) is 145 Å². The lowest BCUT2D eigenvalue weighted by molar-refractivity contribution is 0.170. The second kappa shape index (κ2) is 27.8. The number of benzene rings is 5. The fourth-order valence-electron chi connectivity index (χ4n) is 8.71. The molecule has 10 heteroatoms. The van der Waals surface area contributed by atoms with E-state index >= 15 is 0 Å². The van der Waals surface area contributed by atoms with Crippen molar-refractivity contribution >= 4 is 30.1 Å². The molecule has 0 saturated heterocycles. The van der Waals surface area contributed by atoms with Gasteiger partial charge in [0.25, 0.3) is 0 Å². The summed E-state index contributed by atoms with van der Waals surface area (Å²) in [5, 5.41) is 3.70. The maximum absolute atomic E-state index is 12.5. The molecule has 0 heterocycles. The van der Waals surface area contributed by atoms with Crippen LogP contribution in [0.15, 0.2) is 133 Å². The number of allylic oxidation sites excluding steroid dienone is 1. The molecule has 70 heavy (non-hydrogen) atoms. The molecule has 0 aliphatic carbocycles. The van der Waals surface area contributed by atoms with Crippen LogP contribution in [0.3, 0.4) is 0 Å². The van der Waals surface area contributed by atoms with Crippen LogP contribution in [0.2, 0.25) is 18.1 Å². The Morgan fingerprint density at radius 3 is 1.81 bits per heavy atom. The van der Waals surface area contributed by atoms with Crippen molar-refractivity contribution in [2.75, 3.05) is 30.6 Å². The summed E-state index contributed by atoms with van der Waals surface area (Å²) in [6.07, 6.45) is 14.7. The predicted octanol–water partition coefficient (Wildman–Crippen LogP) is 15.0.